The number of methoxy groups -OCH3 is 3. The zero-order valence-electron chi connectivity index (χ0n) is 16.0. The molecule has 1 aromatic carbocycles. The fourth-order valence-corrected chi connectivity index (χ4v) is 2.41. The molecule has 0 atom stereocenters. The number of nitrogens with zero attached hydrogens (tertiary/aromatic N) is 3. The first-order valence-electron chi connectivity index (χ1n) is 8.36. The van der Waals surface area contributed by atoms with Crippen molar-refractivity contribution in [2.24, 2.45) is 0 Å². The number of nitrogens with one attached hydrogen (secondary N) is 2. The van der Waals surface area contributed by atoms with Crippen LogP contribution < -0.4 is 24.8 Å². The first-order valence-corrected chi connectivity index (χ1v) is 8.36. The van der Waals surface area contributed by atoms with Gasteiger partial charge in [0, 0.05) is 30.6 Å². The van der Waals surface area contributed by atoms with E-state index in [9.17, 15) is 0 Å². The fraction of sp³-hybridized carbons (Fsp3) is 0.444. The van der Waals surface area contributed by atoms with Gasteiger partial charge < -0.3 is 29.7 Å². The van der Waals surface area contributed by atoms with Crippen molar-refractivity contribution in [3.8, 4) is 17.2 Å². The third-order valence-corrected chi connectivity index (χ3v) is 3.66. The molecule has 8 heteroatoms. The van der Waals surface area contributed by atoms with E-state index in [-0.39, 0.29) is 0 Å². The van der Waals surface area contributed by atoms with Crippen molar-refractivity contribution in [3.63, 3.8) is 0 Å². The maximum absolute atomic E-state index is 5.37. The van der Waals surface area contributed by atoms with Crippen molar-refractivity contribution in [2.75, 3.05) is 59.1 Å². The van der Waals surface area contributed by atoms with Crippen LogP contribution in [-0.2, 0) is 0 Å². The molecule has 2 aromatic rings. The lowest BCUT2D eigenvalue weighted by molar-refractivity contribution is 0.324. The molecule has 8 nitrogen and oxygen atoms in total. The van der Waals surface area contributed by atoms with E-state index in [0.29, 0.717) is 29.0 Å². The third kappa shape index (κ3) is 5.38. The van der Waals surface area contributed by atoms with Crippen molar-refractivity contribution in [3.05, 3.63) is 24.4 Å². The highest BCUT2D eigenvalue weighted by atomic mass is 16.5. The Morgan fingerprint density at radius 2 is 1.73 bits per heavy atom. The lowest BCUT2D eigenvalue weighted by atomic mass is 10.2. The second-order valence-corrected chi connectivity index (χ2v) is 5.89. The summed E-state index contributed by atoms with van der Waals surface area (Å²) < 4.78 is 16.1. The summed E-state index contributed by atoms with van der Waals surface area (Å²) in [7, 11) is 8.85. The highest BCUT2D eigenvalue weighted by Crippen LogP contribution is 2.40. The van der Waals surface area contributed by atoms with E-state index in [4.69, 9.17) is 14.2 Å². The van der Waals surface area contributed by atoms with Crippen LogP contribution in [0.5, 0.6) is 17.2 Å². The van der Waals surface area contributed by atoms with Crippen LogP contribution in [0.2, 0.25) is 0 Å². The first kappa shape index (κ1) is 19.6. The Balaban J connectivity index is 2.09. The van der Waals surface area contributed by atoms with Crippen LogP contribution >= 0.6 is 0 Å². The number of hydrogen-bond acceptors (Lipinski definition) is 8. The molecule has 0 radical (unpaired) electrons. The molecule has 2 N–H and O–H groups in total. The van der Waals surface area contributed by atoms with Crippen LogP contribution in [0.3, 0.4) is 0 Å². The van der Waals surface area contributed by atoms with Gasteiger partial charge in [0.05, 0.1) is 21.3 Å². The van der Waals surface area contributed by atoms with Gasteiger partial charge in [0.25, 0.3) is 0 Å². The van der Waals surface area contributed by atoms with Crippen molar-refractivity contribution < 1.29 is 14.2 Å². The van der Waals surface area contributed by atoms with Crippen LogP contribution in [0.15, 0.2) is 24.4 Å². The van der Waals surface area contributed by atoms with E-state index in [0.717, 1.165) is 25.2 Å². The average Bonchev–Trinajstić information content (AvgIpc) is 2.64. The van der Waals surface area contributed by atoms with Gasteiger partial charge in [0.1, 0.15) is 5.82 Å². The molecule has 1 heterocycles. The largest absolute Gasteiger partial charge is 0.493 e. The second kappa shape index (κ2) is 9.67. The number of anilines is 3. The van der Waals surface area contributed by atoms with Crippen molar-refractivity contribution in [1.82, 2.24) is 14.9 Å². The zero-order valence-corrected chi connectivity index (χ0v) is 16.0. The van der Waals surface area contributed by atoms with Crippen LogP contribution in [0.1, 0.15) is 6.42 Å². The van der Waals surface area contributed by atoms with Crippen LogP contribution in [0, 0.1) is 0 Å². The van der Waals surface area contributed by atoms with Gasteiger partial charge in [-0.15, -0.1) is 0 Å². The van der Waals surface area contributed by atoms with E-state index < -0.39 is 0 Å². The molecule has 2 rings (SSSR count). The molecule has 0 saturated carbocycles. The molecule has 1 aromatic heterocycles. The molecule has 0 saturated heterocycles. The molecule has 0 aliphatic rings. The van der Waals surface area contributed by atoms with Crippen molar-refractivity contribution >= 4 is 17.5 Å². The number of rotatable bonds is 10. The maximum atomic E-state index is 5.37. The predicted molar refractivity (Wildman–Crippen MR) is 103 cm³/mol. The molecule has 0 fully saturated rings. The van der Waals surface area contributed by atoms with E-state index in [2.05, 4.69) is 39.6 Å². The van der Waals surface area contributed by atoms with E-state index in [1.54, 1.807) is 33.6 Å². The van der Waals surface area contributed by atoms with Gasteiger partial charge in [-0.1, -0.05) is 0 Å². The first-order chi connectivity index (χ1) is 12.6. The topological polar surface area (TPSA) is 80.8 Å². The summed E-state index contributed by atoms with van der Waals surface area (Å²) in [6.45, 7) is 1.82. The SMILES string of the molecule is COc1cc(Nc2ccnc(NCCCN(C)C)n2)cc(OC)c1OC. The molecule has 0 aliphatic carbocycles. The van der Waals surface area contributed by atoms with Gasteiger partial charge in [-0.2, -0.15) is 4.98 Å². The predicted octanol–water partition coefficient (Wildman–Crippen LogP) is 2.61. The highest BCUT2D eigenvalue weighted by molar-refractivity contribution is 5.66. The second-order valence-electron chi connectivity index (χ2n) is 5.89. The normalized spacial score (nSPS) is 10.5. The molecule has 26 heavy (non-hydrogen) atoms. The van der Waals surface area contributed by atoms with Crippen LogP contribution in [0.4, 0.5) is 17.5 Å². The molecular formula is C18H27N5O3. The third-order valence-electron chi connectivity index (χ3n) is 3.66. The van der Waals surface area contributed by atoms with E-state index in [1.165, 1.54) is 0 Å². The van der Waals surface area contributed by atoms with Gasteiger partial charge >= 0.3 is 0 Å². The van der Waals surface area contributed by atoms with Crippen molar-refractivity contribution in [2.45, 2.75) is 6.42 Å². The summed E-state index contributed by atoms with van der Waals surface area (Å²) in [5.74, 6) is 2.95. The van der Waals surface area contributed by atoms with Gasteiger partial charge in [0.2, 0.25) is 11.7 Å². The maximum Gasteiger partial charge on any atom is 0.224 e. The minimum absolute atomic E-state index is 0.548. The number of aromatic nitrogens is 2. The smallest absolute Gasteiger partial charge is 0.224 e. The molecule has 0 bridgehead atoms. The number of hydrogen-bond donors (Lipinski definition) is 2. The summed E-state index contributed by atoms with van der Waals surface area (Å²) in [5.41, 5.74) is 0.775. The van der Waals surface area contributed by atoms with E-state index >= 15 is 0 Å². The molecule has 0 amide bonds. The fourth-order valence-electron chi connectivity index (χ4n) is 2.41. The minimum atomic E-state index is 0.548. The Bertz CT molecular complexity index is 684. The number of ether oxygens (including phenoxy) is 3. The standard InChI is InChI=1S/C18H27N5O3/c1-23(2)10-6-8-19-18-20-9-7-16(22-18)21-13-11-14(24-3)17(26-5)15(12-13)25-4/h7,9,11-12H,6,8,10H2,1-5H3,(H2,19,20,21,22). The summed E-state index contributed by atoms with van der Waals surface area (Å²) in [4.78, 5) is 10.9. The summed E-state index contributed by atoms with van der Waals surface area (Å²) in [5, 5.41) is 6.47. The lowest BCUT2D eigenvalue weighted by Gasteiger charge is -2.15. The Morgan fingerprint density at radius 3 is 2.31 bits per heavy atom. The quantitative estimate of drug-likeness (QED) is 0.625. The average molecular weight is 361 g/mol. The van der Waals surface area contributed by atoms with E-state index in [1.807, 2.05) is 12.1 Å². The Morgan fingerprint density at radius 1 is 1.04 bits per heavy atom. The van der Waals surface area contributed by atoms with Crippen LogP contribution in [0.25, 0.3) is 0 Å². The molecule has 0 unspecified atom stereocenters. The Kier molecular flexibility index (Phi) is 7.28. The van der Waals surface area contributed by atoms with Crippen LogP contribution in [-0.4, -0.2) is 63.4 Å². The zero-order chi connectivity index (χ0) is 18.9. The molecule has 0 spiro atoms. The van der Waals surface area contributed by atoms with Crippen molar-refractivity contribution in [1.29, 1.82) is 0 Å². The summed E-state index contributed by atoms with van der Waals surface area (Å²) in [6, 6.07) is 5.45. The van der Waals surface area contributed by atoms with Gasteiger partial charge in [0.15, 0.2) is 11.5 Å². The highest BCUT2D eigenvalue weighted by Gasteiger charge is 2.13. The Labute approximate surface area is 154 Å². The monoisotopic (exact) mass is 361 g/mol. The summed E-state index contributed by atoms with van der Waals surface area (Å²) in [6.07, 6.45) is 2.72. The van der Waals surface area contributed by atoms with Gasteiger partial charge in [-0.3, -0.25) is 0 Å². The molecule has 142 valence electrons. The number of benzene rings is 1. The molecular weight excluding hydrogens is 334 g/mol. The summed E-state index contributed by atoms with van der Waals surface area (Å²) >= 11 is 0. The Hall–Kier alpha value is -2.74. The lowest BCUT2D eigenvalue weighted by Crippen LogP contribution is -2.17. The minimum Gasteiger partial charge on any atom is -0.493 e. The van der Waals surface area contributed by atoms with Gasteiger partial charge in [-0.05, 0) is 33.1 Å². The molecule has 0 aliphatic heterocycles. The van der Waals surface area contributed by atoms with Gasteiger partial charge in [-0.25, -0.2) is 4.98 Å².